The van der Waals surface area contributed by atoms with Crippen molar-refractivity contribution in [2.45, 2.75) is 59.8 Å². The van der Waals surface area contributed by atoms with Crippen LogP contribution in [-0.4, -0.2) is 5.91 Å². The molecule has 0 bridgehead atoms. The number of benzene rings is 1. The van der Waals surface area contributed by atoms with E-state index in [2.05, 4.69) is 38.2 Å². The Labute approximate surface area is 155 Å². The molecule has 1 N–H and O–H groups in total. The second-order valence-electron chi connectivity index (χ2n) is 6.24. The van der Waals surface area contributed by atoms with E-state index in [1.54, 1.807) is 6.07 Å². The summed E-state index contributed by atoms with van der Waals surface area (Å²) < 4.78 is 6.39. The molecule has 0 fully saturated rings. The predicted octanol–water partition coefficient (Wildman–Crippen LogP) is 6.04. The van der Waals surface area contributed by atoms with Gasteiger partial charge in [-0.25, -0.2) is 0 Å². The molecule has 4 heteroatoms. The number of carbonyl (C=O) groups is 1. The Kier molecular flexibility index (Phi) is 6.94. The van der Waals surface area contributed by atoms with E-state index in [0.29, 0.717) is 15.8 Å². The van der Waals surface area contributed by atoms with Crippen LogP contribution in [0.2, 0.25) is 0 Å². The number of aryl methyl sites for hydroxylation is 4. The zero-order chi connectivity index (χ0) is 18.4. The normalized spacial score (nSPS) is 10.7. The van der Waals surface area contributed by atoms with Gasteiger partial charge >= 0.3 is 0 Å². The quantitative estimate of drug-likeness (QED) is 0.614. The van der Waals surface area contributed by atoms with Gasteiger partial charge in [0.1, 0.15) is 11.5 Å². The molecule has 134 valence electrons. The molecular formula is C21H27NO2S. The molecule has 0 unspecified atom stereocenters. The van der Waals surface area contributed by atoms with E-state index < -0.39 is 0 Å². The SMILES string of the molecule is CCCCc1oc(C)cc(=S)c1C(=O)Nc1c(CC)cccc1CC. The Hall–Kier alpha value is -1.94. The largest absolute Gasteiger partial charge is 0.465 e. The fourth-order valence-corrected chi connectivity index (χ4v) is 3.37. The minimum Gasteiger partial charge on any atom is -0.465 e. The molecule has 0 spiro atoms. The van der Waals surface area contributed by atoms with Crippen LogP contribution in [0.25, 0.3) is 0 Å². The van der Waals surface area contributed by atoms with Crippen LogP contribution < -0.4 is 5.32 Å². The molecule has 0 aliphatic heterocycles. The summed E-state index contributed by atoms with van der Waals surface area (Å²) in [5.41, 5.74) is 3.69. The van der Waals surface area contributed by atoms with Gasteiger partial charge in [0.15, 0.2) is 0 Å². The van der Waals surface area contributed by atoms with Crippen molar-refractivity contribution in [2.24, 2.45) is 0 Å². The Bertz CT molecular complexity index is 786. The molecule has 0 saturated heterocycles. The lowest BCUT2D eigenvalue weighted by molar-refractivity contribution is 0.102. The number of rotatable bonds is 7. The third-order valence-corrected chi connectivity index (χ3v) is 4.69. The van der Waals surface area contributed by atoms with Crippen LogP contribution in [0.15, 0.2) is 28.7 Å². The first-order valence-corrected chi connectivity index (χ1v) is 9.48. The average Bonchev–Trinajstić information content (AvgIpc) is 2.59. The summed E-state index contributed by atoms with van der Waals surface area (Å²) >= 11 is 5.47. The molecule has 0 atom stereocenters. The highest BCUT2D eigenvalue weighted by Gasteiger charge is 2.18. The van der Waals surface area contributed by atoms with Crippen molar-refractivity contribution in [3.63, 3.8) is 0 Å². The molecular weight excluding hydrogens is 330 g/mol. The summed E-state index contributed by atoms with van der Waals surface area (Å²) in [5, 5.41) is 3.11. The van der Waals surface area contributed by atoms with Crippen molar-refractivity contribution in [1.29, 1.82) is 0 Å². The number of unbranched alkanes of at least 4 members (excludes halogenated alkanes) is 1. The maximum absolute atomic E-state index is 13.0. The molecule has 25 heavy (non-hydrogen) atoms. The second-order valence-corrected chi connectivity index (χ2v) is 6.68. The van der Waals surface area contributed by atoms with Gasteiger partial charge in [0.2, 0.25) is 0 Å². The second kappa shape index (κ2) is 8.95. The highest BCUT2D eigenvalue weighted by atomic mass is 32.1. The highest BCUT2D eigenvalue weighted by Crippen LogP contribution is 2.25. The van der Waals surface area contributed by atoms with Gasteiger partial charge < -0.3 is 9.73 Å². The lowest BCUT2D eigenvalue weighted by Gasteiger charge is -2.16. The minimum absolute atomic E-state index is 0.171. The summed E-state index contributed by atoms with van der Waals surface area (Å²) in [4.78, 5) is 13.0. The van der Waals surface area contributed by atoms with Gasteiger partial charge in [0.05, 0.1) is 10.1 Å². The van der Waals surface area contributed by atoms with E-state index in [4.69, 9.17) is 16.6 Å². The molecule has 1 aromatic carbocycles. The van der Waals surface area contributed by atoms with Gasteiger partial charge in [-0.15, -0.1) is 0 Å². The number of hydrogen-bond acceptors (Lipinski definition) is 3. The Balaban J connectivity index is 2.44. The number of amides is 1. The fourth-order valence-electron chi connectivity index (χ4n) is 3.00. The lowest BCUT2D eigenvalue weighted by atomic mass is 10.0. The van der Waals surface area contributed by atoms with Crippen LogP contribution in [-0.2, 0) is 19.3 Å². The van der Waals surface area contributed by atoms with Crippen molar-refractivity contribution in [2.75, 3.05) is 5.32 Å². The summed E-state index contributed by atoms with van der Waals surface area (Å²) in [6.45, 7) is 8.18. The molecule has 0 aliphatic carbocycles. The van der Waals surface area contributed by atoms with Crippen LogP contribution in [0.3, 0.4) is 0 Å². The van der Waals surface area contributed by atoms with Crippen LogP contribution in [0.1, 0.15) is 66.6 Å². The van der Waals surface area contributed by atoms with E-state index in [0.717, 1.165) is 54.7 Å². The van der Waals surface area contributed by atoms with Gasteiger partial charge in [-0.1, -0.05) is 57.6 Å². The van der Waals surface area contributed by atoms with Crippen molar-refractivity contribution >= 4 is 23.8 Å². The first-order chi connectivity index (χ1) is 12.0. The molecule has 3 nitrogen and oxygen atoms in total. The Morgan fingerprint density at radius 3 is 2.36 bits per heavy atom. The number of nitrogens with one attached hydrogen (secondary N) is 1. The molecule has 1 amide bonds. The molecule has 2 aromatic rings. The molecule has 1 heterocycles. The Morgan fingerprint density at radius 2 is 1.80 bits per heavy atom. The summed E-state index contributed by atoms with van der Waals surface area (Å²) in [6.07, 6.45) is 4.46. The van der Waals surface area contributed by atoms with Gasteiger partial charge in [-0.3, -0.25) is 4.79 Å². The van der Waals surface area contributed by atoms with Crippen LogP contribution in [0.4, 0.5) is 5.69 Å². The number of hydrogen-bond donors (Lipinski definition) is 1. The Morgan fingerprint density at radius 1 is 1.16 bits per heavy atom. The van der Waals surface area contributed by atoms with Crippen LogP contribution >= 0.6 is 12.2 Å². The maximum Gasteiger partial charge on any atom is 0.260 e. The van der Waals surface area contributed by atoms with Gasteiger partial charge in [-0.05, 0) is 43.4 Å². The summed E-state index contributed by atoms with van der Waals surface area (Å²) in [7, 11) is 0. The third kappa shape index (κ3) is 4.57. The van der Waals surface area contributed by atoms with Crippen LogP contribution in [0.5, 0.6) is 0 Å². The van der Waals surface area contributed by atoms with Crippen molar-refractivity contribution in [3.8, 4) is 0 Å². The van der Waals surface area contributed by atoms with E-state index in [9.17, 15) is 4.79 Å². The van der Waals surface area contributed by atoms with Crippen LogP contribution in [0, 0.1) is 11.4 Å². The number of carbonyl (C=O) groups excluding carboxylic acids is 1. The van der Waals surface area contributed by atoms with Crippen molar-refractivity contribution < 1.29 is 9.21 Å². The molecule has 2 rings (SSSR count). The number of anilines is 1. The minimum atomic E-state index is -0.171. The van der Waals surface area contributed by atoms with Crippen molar-refractivity contribution in [1.82, 2.24) is 0 Å². The standard InChI is InChI=1S/C21H27NO2S/c1-5-8-12-17-19(18(25)13-14(4)24-17)21(23)22-20-15(6-2)10-9-11-16(20)7-3/h9-11,13H,5-8,12H2,1-4H3,(H,22,23). The number of para-hydroxylation sites is 1. The van der Waals surface area contributed by atoms with E-state index in [1.165, 1.54) is 0 Å². The molecule has 0 saturated carbocycles. The summed E-state index contributed by atoms with van der Waals surface area (Å²) in [5.74, 6) is 1.27. The average molecular weight is 358 g/mol. The third-order valence-electron chi connectivity index (χ3n) is 4.37. The van der Waals surface area contributed by atoms with Gasteiger partial charge in [-0.2, -0.15) is 0 Å². The van der Waals surface area contributed by atoms with E-state index >= 15 is 0 Å². The zero-order valence-electron chi connectivity index (χ0n) is 15.6. The molecule has 0 aliphatic rings. The first kappa shape index (κ1) is 19.4. The van der Waals surface area contributed by atoms with Gasteiger partial charge in [0, 0.05) is 12.1 Å². The monoisotopic (exact) mass is 357 g/mol. The predicted molar refractivity (Wildman–Crippen MR) is 106 cm³/mol. The summed E-state index contributed by atoms with van der Waals surface area (Å²) in [6, 6.07) is 7.91. The zero-order valence-corrected chi connectivity index (χ0v) is 16.4. The van der Waals surface area contributed by atoms with E-state index in [1.807, 2.05) is 13.0 Å². The lowest BCUT2D eigenvalue weighted by Crippen LogP contribution is -2.17. The van der Waals surface area contributed by atoms with Gasteiger partial charge in [0.25, 0.3) is 5.91 Å². The maximum atomic E-state index is 13.0. The van der Waals surface area contributed by atoms with E-state index in [-0.39, 0.29) is 5.91 Å². The molecule has 0 radical (unpaired) electrons. The topological polar surface area (TPSA) is 42.2 Å². The highest BCUT2D eigenvalue weighted by molar-refractivity contribution is 7.71. The smallest absolute Gasteiger partial charge is 0.260 e. The first-order valence-electron chi connectivity index (χ1n) is 9.07. The molecule has 1 aromatic heterocycles. The van der Waals surface area contributed by atoms with Crippen molar-refractivity contribution in [3.05, 3.63) is 57.0 Å². The fraction of sp³-hybridized carbons (Fsp3) is 0.429.